The Balaban J connectivity index is 0.892. The van der Waals surface area contributed by atoms with Gasteiger partial charge in [-0.1, -0.05) is 18.2 Å². The number of amides is 3. The Bertz CT molecular complexity index is 2410. The summed E-state index contributed by atoms with van der Waals surface area (Å²) in [6.07, 6.45) is 4.45. The van der Waals surface area contributed by atoms with E-state index in [1.54, 1.807) is 15.7 Å². The van der Waals surface area contributed by atoms with Crippen LogP contribution in [-0.4, -0.2) is 84.3 Å². The average Bonchev–Trinajstić information content (AvgIpc) is 3.82. The number of rotatable bonds is 8. The van der Waals surface area contributed by atoms with Gasteiger partial charge in [0.15, 0.2) is 11.5 Å². The van der Waals surface area contributed by atoms with Crippen LogP contribution in [0.15, 0.2) is 78.2 Å². The number of anilines is 4. The molecule has 274 valence electrons. The molecule has 2 unspecified atom stereocenters. The van der Waals surface area contributed by atoms with Crippen LogP contribution in [0.5, 0.6) is 0 Å². The minimum absolute atomic E-state index is 0.170. The molecule has 2 fully saturated rings. The van der Waals surface area contributed by atoms with Crippen molar-refractivity contribution in [2.45, 2.75) is 50.9 Å². The van der Waals surface area contributed by atoms with Gasteiger partial charge in [0.25, 0.3) is 11.5 Å². The summed E-state index contributed by atoms with van der Waals surface area (Å²) in [5.41, 5.74) is 6.14. The summed E-state index contributed by atoms with van der Waals surface area (Å²) in [6, 6.07) is 16.9. The molecule has 0 spiro atoms. The van der Waals surface area contributed by atoms with Crippen LogP contribution in [0, 0.1) is 0 Å². The van der Waals surface area contributed by atoms with Gasteiger partial charge in [0.05, 0.1) is 18.3 Å². The number of nitrogens with one attached hydrogen (secondary N) is 2. The third-order valence-corrected chi connectivity index (χ3v) is 10.9. The second-order valence-corrected chi connectivity index (χ2v) is 14.0. The topological polar surface area (TPSA) is 171 Å². The van der Waals surface area contributed by atoms with Crippen molar-refractivity contribution < 1.29 is 19.5 Å². The van der Waals surface area contributed by atoms with Crippen LogP contribution >= 0.6 is 0 Å². The van der Waals surface area contributed by atoms with Gasteiger partial charge in [-0.25, -0.2) is 19.3 Å². The first-order valence-electron chi connectivity index (χ1n) is 18.2. The van der Waals surface area contributed by atoms with Crippen LogP contribution in [-0.2, 0) is 29.1 Å². The molecule has 1 aliphatic carbocycles. The number of piperazine rings is 1. The molecule has 0 bridgehead atoms. The number of benzene rings is 2. The molecule has 2 atom stereocenters. The summed E-state index contributed by atoms with van der Waals surface area (Å²) in [4.78, 5) is 71.1. The second kappa shape index (κ2) is 13.3. The van der Waals surface area contributed by atoms with Crippen LogP contribution < -0.4 is 26.0 Å². The number of aromatic nitrogens is 5. The molecular weight excluding hydrogens is 688 g/mol. The van der Waals surface area contributed by atoms with E-state index < -0.39 is 18.1 Å². The van der Waals surface area contributed by atoms with Crippen molar-refractivity contribution in [3.05, 3.63) is 106 Å². The molecule has 9 rings (SSSR count). The normalized spacial score (nSPS) is 19.6. The quantitative estimate of drug-likeness (QED) is 0.159. The van der Waals surface area contributed by atoms with Crippen LogP contribution in [0.1, 0.15) is 52.5 Å². The zero-order valence-corrected chi connectivity index (χ0v) is 29.4. The molecule has 0 radical (unpaired) electrons. The number of pyridine rings is 1. The van der Waals surface area contributed by atoms with Crippen molar-refractivity contribution in [1.29, 1.82) is 0 Å². The number of nitrogens with zero attached hydrogens (tertiary/aromatic N) is 8. The molecule has 2 aromatic carbocycles. The number of allylic oxidation sites excluding steroid dienone is 1. The van der Waals surface area contributed by atoms with Gasteiger partial charge in [-0.15, -0.1) is 6.58 Å². The summed E-state index contributed by atoms with van der Waals surface area (Å²) in [5, 5.41) is 16.5. The summed E-state index contributed by atoms with van der Waals surface area (Å²) in [6.45, 7) is 7.45. The van der Waals surface area contributed by atoms with Gasteiger partial charge in [-0.2, -0.15) is 4.98 Å². The summed E-state index contributed by atoms with van der Waals surface area (Å²) in [7, 11) is 0. The Morgan fingerprint density at radius 3 is 2.50 bits per heavy atom. The highest BCUT2D eigenvalue weighted by atomic mass is 16.3. The Morgan fingerprint density at radius 1 is 0.926 bits per heavy atom. The number of hydrogen-bond acceptors (Lipinski definition) is 11. The number of carbonyl (C=O) groups is 3. The predicted octanol–water partition coefficient (Wildman–Crippen LogP) is 2.97. The maximum Gasteiger partial charge on any atom is 0.278 e. The predicted molar refractivity (Wildman–Crippen MR) is 201 cm³/mol. The second-order valence-electron chi connectivity index (χ2n) is 14.0. The lowest BCUT2D eigenvalue weighted by Crippen LogP contribution is -2.52. The van der Waals surface area contributed by atoms with Gasteiger partial charge >= 0.3 is 0 Å². The highest BCUT2D eigenvalue weighted by molar-refractivity contribution is 6.06. The first-order valence-corrected chi connectivity index (χ1v) is 18.2. The van der Waals surface area contributed by atoms with Crippen LogP contribution in [0.3, 0.4) is 0 Å². The molecule has 15 nitrogen and oxygen atoms in total. The fraction of sp³-hybridized carbons (Fsp3) is 0.308. The maximum absolute atomic E-state index is 13.4. The van der Waals surface area contributed by atoms with E-state index in [2.05, 4.69) is 32.0 Å². The summed E-state index contributed by atoms with van der Waals surface area (Å²) >= 11 is 0. The van der Waals surface area contributed by atoms with Gasteiger partial charge in [-0.05, 0) is 67.3 Å². The van der Waals surface area contributed by atoms with E-state index in [4.69, 9.17) is 9.97 Å². The highest BCUT2D eigenvalue weighted by Crippen LogP contribution is 2.35. The molecule has 15 heteroatoms. The zero-order valence-electron chi connectivity index (χ0n) is 29.4. The number of carbonyl (C=O) groups excluding carboxylic acids is 3. The summed E-state index contributed by atoms with van der Waals surface area (Å²) < 4.78 is 3.18. The van der Waals surface area contributed by atoms with E-state index in [9.17, 15) is 24.3 Å². The van der Waals surface area contributed by atoms with Crippen molar-refractivity contribution >= 4 is 51.8 Å². The Hall–Kier alpha value is -6.35. The van der Waals surface area contributed by atoms with E-state index in [0.717, 1.165) is 60.8 Å². The smallest absolute Gasteiger partial charge is 0.278 e. The van der Waals surface area contributed by atoms with Crippen LogP contribution in [0.4, 0.5) is 23.0 Å². The van der Waals surface area contributed by atoms with Crippen molar-refractivity contribution in [3.63, 3.8) is 0 Å². The minimum Gasteiger partial charge on any atom is -0.387 e. The zero-order chi connectivity index (χ0) is 37.1. The molecule has 3 N–H and O–H groups in total. The number of aliphatic hydroxyl groups is 1. The van der Waals surface area contributed by atoms with Crippen molar-refractivity contribution in [3.8, 4) is 5.82 Å². The van der Waals surface area contributed by atoms with Crippen LogP contribution in [0.2, 0.25) is 0 Å². The maximum atomic E-state index is 13.4. The lowest BCUT2D eigenvalue weighted by atomic mass is 10.0. The van der Waals surface area contributed by atoms with E-state index >= 15 is 0 Å². The molecule has 3 aromatic heterocycles. The third kappa shape index (κ3) is 5.67. The largest absolute Gasteiger partial charge is 0.387 e. The number of fused-ring (bicyclic) bond motifs is 3. The number of aliphatic hydroxyl groups excluding tert-OH is 1. The number of hydrogen-bond donors (Lipinski definition) is 3. The van der Waals surface area contributed by atoms with Crippen molar-refractivity contribution in [2.24, 2.45) is 0 Å². The van der Waals surface area contributed by atoms with Gasteiger partial charge < -0.3 is 25.1 Å². The molecule has 3 amide bonds. The fourth-order valence-corrected chi connectivity index (χ4v) is 8.10. The first-order chi connectivity index (χ1) is 26.3. The Labute approximate surface area is 309 Å². The third-order valence-electron chi connectivity index (χ3n) is 10.9. The molecule has 0 saturated carbocycles. The minimum atomic E-state index is -0.645. The molecule has 4 aliphatic rings. The van der Waals surface area contributed by atoms with E-state index in [0.29, 0.717) is 53.4 Å². The van der Waals surface area contributed by atoms with E-state index in [-0.39, 0.29) is 30.3 Å². The Kier molecular flexibility index (Phi) is 8.22. The van der Waals surface area contributed by atoms with E-state index in [1.165, 1.54) is 10.9 Å². The fourth-order valence-electron chi connectivity index (χ4n) is 8.10. The molecule has 3 aliphatic heterocycles. The number of aryl methyl sites for hydroxylation is 1. The average molecular weight is 727 g/mol. The molecule has 54 heavy (non-hydrogen) atoms. The summed E-state index contributed by atoms with van der Waals surface area (Å²) in [5.74, 6) is -0.0765. The molecule has 5 aromatic rings. The number of imide groups is 1. The lowest BCUT2D eigenvalue weighted by Gasteiger charge is -2.38. The van der Waals surface area contributed by atoms with E-state index in [1.807, 2.05) is 54.6 Å². The van der Waals surface area contributed by atoms with Gasteiger partial charge in [0.1, 0.15) is 11.4 Å². The highest BCUT2D eigenvalue weighted by Gasteiger charge is 2.40. The monoisotopic (exact) mass is 726 g/mol. The lowest BCUT2D eigenvalue weighted by molar-refractivity contribution is -0.136. The van der Waals surface area contributed by atoms with Gasteiger partial charge in [0.2, 0.25) is 17.8 Å². The van der Waals surface area contributed by atoms with Gasteiger partial charge in [0, 0.05) is 73.5 Å². The SMILES string of the molecule is C=CCn1c(=O)c2cnc(Nc3ccc(N4CCN(c5cccc6c5CN(C5CCC(=O)NC5=O)C6=O)CC4)cc3)nc2n1-c1ccc2c(n1)C(O)CC2. The first kappa shape index (κ1) is 33.5. The number of piperidine rings is 1. The Morgan fingerprint density at radius 2 is 1.72 bits per heavy atom. The molecule has 2 saturated heterocycles. The van der Waals surface area contributed by atoms with Crippen LogP contribution in [0.25, 0.3) is 16.9 Å². The molecular formula is C39H38N10O5. The van der Waals surface area contributed by atoms with Crippen molar-refractivity contribution in [1.82, 2.24) is 34.5 Å². The standard InChI is InChI=1S/C39H38N10O5/c1-2-16-48-38(54)27-21-40-39(44-35(27)49(48)32-14-7-23-6-13-31(50)34(23)42-32)41-24-8-10-25(11-9-24)45-17-19-46(20-18-45)29-5-3-4-26-28(29)22-47(37(26)53)30-12-15-33(51)43-36(30)52/h2-5,7-11,14,21,30-31,50H,1,6,12-13,15-20,22H2,(H,40,41,44)(H,43,51,52). The van der Waals surface area contributed by atoms with Gasteiger partial charge in [-0.3, -0.25) is 24.5 Å². The van der Waals surface area contributed by atoms with Crippen molar-refractivity contribution in [2.75, 3.05) is 41.3 Å². The molecule has 6 heterocycles.